The maximum Gasteiger partial charge on any atom is 0.273 e. The van der Waals surface area contributed by atoms with Crippen molar-refractivity contribution in [3.63, 3.8) is 0 Å². The Bertz CT molecular complexity index is 1060. The van der Waals surface area contributed by atoms with Crippen molar-refractivity contribution in [2.75, 3.05) is 44.4 Å². The summed E-state index contributed by atoms with van der Waals surface area (Å²) in [4.78, 5) is 26.4. The van der Waals surface area contributed by atoms with E-state index in [0.717, 1.165) is 17.9 Å². The summed E-state index contributed by atoms with van der Waals surface area (Å²) in [5, 5.41) is 6.87. The molecule has 0 unspecified atom stereocenters. The molecule has 0 fully saturated rings. The van der Waals surface area contributed by atoms with Gasteiger partial charge in [0.05, 0.1) is 6.54 Å². The number of rotatable bonds is 10. The Labute approximate surface area is 202 Å². The van der Waals surface area contributed by atoms with Crippen LogP contribution in [-0.2, 0) is 6.54 Å². The zero-order chi connectivity index (χ0) is 24.1. The van der Waals surface area contributed by atoms with Gasteiger partial charge in [-0.1, -0.05) is 60.7 Å². The van der Waals surface area contributed by atoms with Crippen molar-refractivity contribution in [1.82, 2.24) is 19.8 Å². The molecule has 4 rings (SSSR count). The highest BCUT2D eigenvalue weighted by atomic mass is 16.2. The molecule has 34 heavy (non-hydrogen) atoms. The van der Waals surface area contributed by atoms with E-state index in [1.54, 1.807) is 0 Å². The molecule has 0 radical (unpaired) electrons. The lowest BCUT2D eigenvalue weighted by atomic mass is 9.91. The molecule has 1 aliphatic rings. The number of nitrogens with zero attached hydrogens (tertiary/aromatic N) is 4. The first-order chi connectivity index (χ1) is 16.4. The Morgan fingerprint density at radius 1 is 0.941 bits per heavy atom. The van der Waals surface area contributed by atoms with Crippen molar-refractivity contribution in [1.29, 1.82) is 0 Å². The molecule has 0 saturated heterocycles. The first kappa shape index (κ1) is 23.7. The molecule has 0 spiro atoms. The Kier molecular flexibility index (Phi) is 7.43. The van der Waals surface area contributed by atoms with Crippen LogP contribution in [-0.4, -0.2) is 65.4 Å². The van der Waals surface area contributed by atoms with E-state index >= 15 is 0 Å². The van der Waals surface area contributed by atoms with Crippen LogP contribution in [0, 0.1) is 0 Å². The normalized spacial score (nSPS) is 13.1. The summed E-state index contributed by atoms with van der Waals surface area (Å²) in [5.41, 5.74) is 3.83. The van der Waals surface area contributed by atoms with Crippen LogP contribution in [0.1, 0.15) is 46.9 Å². The second-order valence-corrected chi connectivity index (χ2v) is 9.23. The van der Waals surface area contributed by atoms with E-state index in [1.807, 2.05) is 45.0 Å². The van der Waals surface area contributed by atoms with Gasteiger partial charge in [0.2, 0.25) is 5.95 Å². The van der Waals surface area contributed by atoms with E-state index in [4.69, 9.17) is 4.98 Å². The summed E-state index contributed by atoms with van der Waals surface area (Å²) in [6, 6.07) is 21.1. The van der Waals surface area contributed by atoms with Crippen LogP contribution in [0.4, 0.5) is 11.8 Å². The SMILES string of the molecule is CC(C)N1Cc2c(NCC(c3ccccc3)c3ccccc3)nc(NCCN(C)C)nc2C1=O. The van der Waals surface area contributed by atoms with Gasteiger partial charge in [0.15, 0.2) is 0 Å². The van der Waals surface area contributed by atoms with E-state index < -0.39 is 0 Å². The second kappa shape index (κ2) is 10.7. The number of nitrogens with one attached hydrogen (secondary N) is 2. The van der Waals surface area contributed by atoms with Crippen molar-refractivity contribution in [3.8, 4) is 0 Å². The highest BCUT2D eigenvalue weighted by Gasteiger charge is 2.34. The Morgan fingerprint density at radius 3 is 2.12 bits per heavy atom. The molecule has 178 valence electrons. The zero-order valence-corrected chi connectivity index (χ0v) is 20.5. The lowest BCUT2D eigenvalue weighted by molar-refractivity contribution is 0.0726. The number of aromatic nitrogens is 2. The van der Waals surface area contributed by atoms with Gasteiger partial charge >= 0.3 is 0 Å². The molecule has 0 atom stereocenters. The lowest BCUT2D eigenvalue weighted by Gasteiger charge is -2.21. The van der Waals surface area contributed by atoms with Crippen molar-refractivity contribution < 1.29 is 4.79 Å². The van der Waals surface area contributed by atoms with E-state index in [-0.39, 0.29) is 17.9 Å². The quantitative estimate of drug-likeness (QED) is 0.477. The van der Waals surface area contributed by atoms with Crippen molar-refractivity contribution in [3.05, 3.63) is 83.0 Å². The topological polar surface area (TPSA) is 73.4 Å². The molecule has 2 heterocycles. The Hall–Kier alpha value is -3.45. The maximum atomic E-state index is 13.1. The molecular formula is C27H34N6O. The van der Waals surface area contributed by atoms with E-state index in [0.29, 0.717) is 31.3 Å². The Balaban J connectivity index is 1.64. The van der Waals surface area contributed by atoms with Crippen LogP contribution in [0.3, 0.4) is 0 Å². The van der Waals surface area contributed by atoms with Gasteiger partial charge < -0.3 is 20.4 Å². The molecule has 7 heteroatoms. The molecule has 7 nitrogen and oxygen atoms in total. The zero-order valence-electron chi connectivity index (χ0n) is 20.5. The molecular weight excluding hydrogens is 424 g/mol. The molecule has 1 amide bonds. The number of benzene rings is 2. The first-order valence-corrected chi connectivity index (χ1v) is 11.9. The van der Waals surface area contributed by atoms with Crippen LogP contribution in [0.2, 0.25) is 0 Å². The fourth-order valence-corrected chi connectivity index (χ4v) is 4.22. The minimum atomic E-state index is -0.0335. The van der Waals surface area contributed by atoms with Gasteiger partial charge in [-0.2, -0.15) is 4.98 Å². The summed E-state index contributed by atoms with van der Waals surface area (Å²) in [6.07, 6.45) is 0. The summed E-state index contributed by atoms with van der Waals surface area (Å²) in [7, 11) is 4.05. The minimum Gasteiger partial charge on any atom is -0.369 e. The summed E-state index contributed by atoms with van der Waals surface area (Å²) >= 11 is 0. The third-order valence-corrected chi connectivity index (χ3v) is 6.14. The smallest absolute Gasteiger partial charge is 0.273 e. The minimum absolute atomic E-state index is 0.0335. The molecule has 3 aromatic rings. The lowest BCUT2D eigenvalue weighted by Crippen LogP contribution is -2.31. The third kappa shape index (κ3) is 5.37. The largest absolute Gasteiger partial charge is 0.369 e. The monoisotopic (exact) mass is 458 g/mol. The second-order valence-electron chi connectivity index (χ2n) is 9.23. The standard InChI is InChI=1S/C27H34N6O/c1-19(2)33-18-23-24(26(33)34)30-27(28-15-16-32(3)4)31-25(23)29-17-22(20-11-7-5-8-12-20)21-13-9-6-10-14-21/h5-14,19,22H,15-18H2,1-4H3,(H2,28,29,30,31). The number of likely N-dealkylation sites (N-methyl/N-ethyl adjacent to an activating group) is 1. The van der Waals surface area contributed by atoms with Gasteiger partial charge in [-0.15, -0.1) is 0 Å². The van der Waals surface area contributed by atoms with Gasteiger partial charge in [-0.3, -0.25) is 4.79 Å². The van der Waals surface area contributed by atoms with Gasteiger partial charge in [0, 0.05) is 37.2 Å². The van der Waals surface area contributed by atoms with Crippen LogP contribution in [0.5, 0.6) is 0 Å². The molecule has 1 aromatic heterocycles. The van der Waals surface area contributed by atoms with Gasteiger partial charge in [0.25, 0.3) is 5.91 Å². The fraction of sp³-hybridized carbons (Fsp3) is 0.370. The van der Waals surface area contributed by atoms with Crippen LogP contribution in [0.25, 0.3) is 0 Å². The van der Waals surface area contributed by atoms with E-state index in [9.17, 15) is 4.79 Å². The third-order valence-electron chi connectivity index (χ3n) is 6.14. The Morgan fingerprint density at radius 2 is 1.56 bits per heavy atom. The summed E-state index contributed by atoms with van der Waals surface area (Å²) < 4.78 is 0. The van der Waals surface area contributed by atoms with Gasteiger partial charge in [-0.05, 0) is 39.1 Å². The number of anilines is 2. The number of carbonyl (C=O) groups is 1. The van der Waals surface area contributed by atoms with Crippen molar-refractivity contribution >= 4 is 17.7 Å². The average Bonchev–Trinajstić information content (AvgIpc) is 3.17. The average molecular weight is 459 g/mol. The molecule has 2 aromatic carbocycles. The first-order valence-electron chi connectivity index (χ1n) is 11.9. The van der Waals surface area contributed by atoms with Crippen molar-refractivity contribution in [2.24, 2.45) is 0 Å². The number of amides is 1. The van der Waals surface area contributed by atoms with E-state index in [1.165, 1.54) is 11.1 Å². The number of hydrogen-bond acceptors (Lipinski definition) is 6. The summed E-state index contributed by atoms with van der Waals surface area (Å²) in [6.45, 7) is 6.78. The van der Waals surface area contributed by atoms with Crippen LogP contribution in [0.15, 0.2) is 60.7 Å². The predicted molar refractivity (Wildman–Crippen MR) is 137 cm³/mol. The molecule has 0 bridgehead atoms. The fourth-order valence-electron chi connectivity index (χ4n) is 4.22. The highest BCUT2D eigenvalue weighted by molar-refractivity contribution is 5.98. The highest BCUT2D eigenvalue weighted by Crippen LogP contribution is 2.31. The number of carbonyl (C=O) groups excluding carboxylic acids is 1. The van der Waals surface area contributed by atoms with Gasteiger partial charge in [0.1, 0.15) is 11.5 Å². The number of hydrogen-bond donors (Lipinski definition) is 2. The predicted octanol–water partition coefficient (Wildman–Crippen LogP) is 4.06. The van der Waals surface area contributed by atoms with Crippen LogP contribution >= 0.6 is 0 Å². The molecule has 0 saturated carbocycles. The molecule has 0 aliphatic carbocycles. The summed E-state index contributed by atoms with van der Waals surface area (Å²) in [5.74, 6) is 1.33. The van der Waals surface area contributed by atoms with E-state index in [2.05, 4.69) is 69.0 Å². The van der Waals surface area contributed by atoms with Crippen molar-refractivity contribution in [2.45, 2.75) is 32.4 Å². The number of fused-ring (bicyclic) bond motifs is 1. The molecule has 2 N–H and O–H groups in total. The maximum absolute atomic E-state index is 13.1. The van der Waals surface area contributed by atoms with Gasteiger partial charge in [-0.25, -0.2) is 4.98 Å². The molecule has 1 aliphatic heterocycles. The van der Waals surface area contributed by atoms with Crippen LogP contribution < -0.4 is 10.6 Å².